The Labute approximate surface area is 88.4 Å². The number of aromatic nitrogens is 2. The van der Waals surface area contributed by atoms with E-state index in [1.165, 1.54) is 25.7 Å². The Balaban J connectivity index is 1.82. The van der Waals surface area contributed by atoms with Gasteiger partial charge in [-0.1, -0.05) is 24.4 Å². The Morgan fingerprint density at radius 3 is 2.71 bits per heavy atom. The van der Waals surface area contributed by atoms with Crippen LogP contribution in [0, 0.1) is 5.92 Å². The second-order valence-corrected chi connectivity index (χ2v) is 4.04. The summed E-state index contributed by atoms with van der Waals surface area (Å²) in [6, 6.07) is 3.45. The number of hydrogen-bond acceptors (Lipinski definition) is 3. The van der Waals surface area contributed by atoms with Crippen molar-refractivity contribution in [3.63, 3.8) is 0 Å². The summed E-state index contributed by atoms with van der Waals surface area (Å²) in [5.41, 5.74) is 0. The van der Waals surface area contributed by atoms with Gasteiger partial charge in [-0.05, 0) is 24.8 Å². The zero-order valence-corrected chi connectivity index (χ0v) is 8.70. The van der Waals surface area contributed by atoms with Crippen molar-refractivity contribution in [2.75, 3.05) is 6.61 Å². The number of nitrogens with zero attached hydrogens (tertiary/aromatic N) is 2. The normalized spacial score (nSPS) is 17.2. The largest absolute Gasteiger partial charge is 0.476 e. The van der Waals surface area contributed by atoms with E-state index in [2.05, 4.69) is 10.2 Å². The monoisotopic (exact) mass is 212 g/mol. The minimum atomic E-state index is 0.401. The van der Waals surface area contributed by atoms with Gasteiger partial charge in [0, 0.05) is 6.07 Å². The number of ether oxygens (including phenoxy) is 1. The van der Waals surface area contributed by atoms with Crippen LogP contribution in [0.3, 0.4) is 0 Å². The summed E-state index contributed by atoms with van der Waals surface area (Å²) >= 11 is 5.61. The lowest BCUT2D eigenvalue weighted by molar-refractivity contribution is 0.241. The highest BCUT2D eigenvalue weighted by atomic mass is 35.5. The Bertz CT molecular complexity index is 283. The predicted molar refractivity (Wildman–Crippen MR) is 54.5 cm³/mol. The van der Waals surface area contributed by atoms with Gasteiger partial charge in [0.15, 0.2) is 5.15 Å². The van der Waals surface area contributed by atoms with E-state index in [1.807, 2.05) is 0 Å². The third-order valence-corrected chi connectivity index (χ3v) is 2.75. The molecule has 0 N–H and O–H groups in total. The van der Waals surface area contributed by atoms with Crippen LogP contribution < -0.4 is 4.74 Å². The fraction of sp³-hybridized carbons (Fsp3) is 0.600. The van der Waals surface area contributed by atoms with Crippen LogP contribution >= 0.6 is 11.6 Å². The van der Waals surface area contributed by atoms with Crippen LogP contribution in [0.25, 0.3) is 0 Å². The first-order valence-electron chi connectivity index (χ1n) is 4.96. The topological polar surface area (TPSA) is 35.0 Å². The minimum absolute atomic E-state index is 0.401. The zero-order valence-electron chi connectivity index (χ0n) is 7.95. The maximum absolute atomic E-state index is 5.61. The number of rotatable bonds is 3. The van der Waals surface area contributed by atoms with Crippen molar-refractivity contribution in [2.45, 2.75) is 25.7 Å². The molecule has 1 heterocycles. The zero-order chi connectivity index (χ0) is 9.80. The summed E-state index contributed by atoms with van der Waals surface area (Å²) in [7, 11) is 0. The summed E-state index contributed by atoms with van der Waals surface area (Å²) in [4.78, 5) is 0. The molecular formula is C10H13ClN2O. The minimum Gasteiger partial charge on any atom is -0.476 e. The van der Waals surface area contributed by atoms with Gasteiger partial charge in [0.25, 0.3) is 0 Å². The lowest BCUT2D eigenvalue weighted by Gasteiger charge is -2.09. The molecule has 1 fully saturated rings. The highest BCUT2D eigenvalue weighted by molar-refractivity contribution is 6.29. The highest BCUT2D eigenvalue weighted by Crippen LogP contribution is 2.25. The highest BCUT2D eigenvalue weighted by Gasteiger charge is 2.15. The third-order valence-electron chi connectivity index (χ3n) is 2.55. The van der Waals surface area contributed by atoms with Crippen LogP contribution in [0.15, 0.2) is 12.1 Å². The quantitative estimate of drug-likeness (QED) is 0.773. The molecule has 76 valence electrons. The number of halogens is 1. The summed E-state index contributed by atoms with van der Waals surface area (Å²) in [5.74, 6) is 1.27. The van der Waals surface area contributed by atoms with Gasteiger partial charge in [-0.25, -0.2) is 0 Å². The summed E-state index contributed by atoms with van der Waals surface area (Å²) in [5, 5.41) is 7.95. The van der Waals surface area contributed by atoms with Crippen molar-refractivity contribution in [2.24, 2.45) is 5.92 Å². The molecule has 1 aromatic rings. The smallest absolute Gasteiger partial charge is 0.233 e. The maximum Gasteiger partial charge on any atom is 0.233 e. The summed E-state index contributed by atoms with van der Waals surface area (Å²) in [6.07, 6.45) is 5.22. The molecule has 0 unspecified atom stereocenters. The van der Waals surface area contributed by atoms with Crippen LogP contribution in [0.2, 0.25) is 5.15 Å². The van der Waals surface area contributed by atoms with Gasteiger partial charge in [-0.15, -0.1) is 10.2 Å². The molecule has 0 aromatic carbocycles. The molecule has 3 nitrogen and oxygen atoms in total. The predicted octanol–water partition coefficient (Wildman–Crippen LogP) is 2.70. The SMILES string of the molecule is Clc1ccc(OCC2CCCC2)nn1. The fourth-order valence-electron chi connectivity index (χ4n) is 1.76. The standard InChI is InChI=1S/C10H13ClN2O/c11-9-5-6-10(13-12-9)14-7-8-3-1-2-4-8/h5-6,8H,1-4,7H2. The molecule has 1 aliphatic rings. The van der Waals surface area contributed by atoms with Gasteiger partial charge in [0.05, 0.1) is 6.61 Å². The van der Waals surface area contributed by atoms with Gasteiger partial charge < -0.3 is 4.74 Å². The lowest BCUT2D eigenvalue weighted by atomic mass is 10.1. The Morgan fingerprint density at radius 1 is 1.29 bits per heavy atom. The average Bonchev–Trinajstić information content (AvgIpc) is 2.70. The molecule has 0 bridgehead atoms. The van der Waals surface area contributed by atoms with E-state index in [9.17, 15) is 0 Å². The maximum atomic E-state index is 5.61. The first kappa shape index (κ1) is 9.71. The van der Waals surface area contributed by atoms with E-state index in [0.717, 1.165) is 6.61 Å². The molecule has 0 spiro atoms. The van der Waals surface area contributed by atoms with Gasteiger partial charge in [0.2, 0.25) is 5.88 Å². The number of hydrogen-bond donors (Lipinski definition) is 0. The first-order chi connectivity index (χ1) is 6.84. The molecule has 1 saturated carbocycles. The van der Waals surface area contributed by atoms with Crippen molar-refractivity contribution in [3.8, 4) is 5.88 Å². The lowest BCUT2D eigenvalue weighted by Crippen LogP contribution is -2.09. The molecule has 0 amide bonds. The molecule has 2 rings (SSSR count). The second-order valence-electron chi connectivity index (χ2n) is 3.66. The van der Waals surface area contributed by atoms with Crippen LogP contribution in [0.1, 0.15) is 25.7 Å². The van der Waals surface area contributed by atoms with Crippen molar-refractivity contribution in [1.82, 2.24) is 10.2 Å². The van der Waals surface area contributed by atoms with Gasteiger partial charge >= 0.3 is 0 Å². The van der Waals surface area contributed by atoms with Crippen LogP contribution in [0.4, 0.5) is 0 Å². The van der Waals surface area contributed by atoms with Crippen molar-refractivity contribution in [3.05, 3.63) is 17.3 Å². The van der Waals surface area contributed by atoms with Gasteiger partial charge in [0.1, 0.15) is 0 Å². The van der Waals surface area contributed by atoms with E-state index < -0.39 is 0 Å². The van der Waals surface area contributed by atoms with E-state index >= 15 is 0 Å². The van der Waals surface area contributed by atoms with E-state index in [-0.39, 0.29) is 0 Å². The molecule has 4 heteroatoms. The molecular weight excluding hydrogens is 200 g/mol. The van der Waals surface area contributed by atoms with Crippen LogP contribution in [0.5, 0.6) is 5.88 Å². The van der Waals surface area contributed by atoms with Gasteiger partial charge in [-0.2, -0.15) is 0 Å². The Morgan fingerprint density at radius 2 is 2.07 bits per heavy atom. The molecule has 0 radical (unpaired) electrons. The van der Waals surface area contributed by atoms with Crippen molar-refractivity contribution < 1.29 is 4.74 Å². The average molecular weight is 213 g/mol. The van der Waals surface area contributed by atoms with Crippen molar-refractivity contribution in [1.29, 1.82) is 0 Å². The molecule has 1 aromatic heterocycles. The molecule has 14 heavy (non-hydrogen) atoms. The third kappa shape index (κ3) is 2.58. The molecule has 1 aliphatic carbocycles. The molecule has 0 aliphatic heterocycles. The van der Waals surface area contributed by atoms with Crippen LogP contribution in [-0.4, -0.2) is 16.8 Å². The van der Waals surface area contributed by atoms with Gasteiger partial charge in [-0.3, -0.25) is 0 Å². The van der Waals surface area contributed by atoms with E-state index in [4.69, 9.17) is 16.3 Å². The summed E-state index contributed by atoms with van der Waals surface area (Å²) in [6.45, 7) is 0.760. The van der Waals surface area contributed by atoms with Crippen molar-refractivity contribution >= 4 is 11.6 Å². The Hall–Kier alpha value is -0.830. The summed E-state index contributed by atoms with van der Waals surface area (Å²) < 4.78 is 5.51. The second kappa shape index (κ2) is 4.60. The first-order valence-corrected chi connectivity index (χ1v) is 5.34. The fourth-order valence-corrected chi connectivity index (χ4v) is 1.86. The van der Waals surface area contributed by atoms with E-state index in [0.29, 0.717) is 17.0 Å². The van der Waals surface area contributed by atoms with Crippen LogP contribution in [-0.2, 0) is 0 Å². The molecule has 0 atom stereocenters. The molecule has 0 saturated heterocycles. The van der Waals surface area contributed by atoms with E-state index in [1.54, 1.807) is 12.1 Å². The Kier molecular flexibility index (Phi) is 3.19.